The normalized spacial score (nSPS) is 19.7. The van der Waals surface area contributed by atoms with E-state index in [9.17, 15) is 4.79 Å². The predicted molar refractivity (Wildman–Crippen MR) is 72.7 cm³/mol. The van der Waals surface area contributed by atoms with Crippen LogP contribution in [0.4, 0.5) is 0 Å². The smallest absolute Gasteiger partial charge is 0.236 e. The van der Waals surface area contributed by atoms with Crippen molar-refractivity contribution in [1.29, 1.82) is 0 Å². The van der Waals surface area contributed by atoms with Gasteiger partial charge in [-0.25, -0.2) is 9.67 Å². The minimum Gasteiger partial charge on any atom is -0.341 e. The Labute approximate surface area is 114 Å². The summed E-state index contributed by atoms with van der Waals surface area (Å²) >= 11 is 0. The number of nitrogens with one attached hydrogen (secondary N) is 1. The van der Waals surface area contributed by atoms with E-state index >= 15 is 0 Å². The van der Waals surface area contributed by atoms with Gasteiger partial charge in [0.1, 0.15) is 11.6 Å². The highest BCUT2D eigenvalue weighted by Gasteiger charge is 2.24. The number of nitrogens with zero attached hydrogens (tertiary/aromatic N) is 4. The molecule has 106 valence electrons. The first-order chi connectivity index (χ1) is 9.10. The standard InChI is InChI=1S/C13H23N5O/c1-10-15-11(2)18(16-10)9-12-5-4-6-17(8-12)13(19)7-14-3/h12,14H,4-9H2,1-3H3. The van der Waals surface area contributed by atoms with Crippen LogP contribution in [0.1, 0.15) is 24.5 Å². The number of piperidine rings is 1. The first kappa shape index (κ1) is 14.0. The van der Waals surface area contributed by atoms with Crippen molar-refractivity contribution >= 4 is 5.91 Å². The van der Waals surface area contributed by atoms with Crippen LogP contribution in [-0.2, 0) is 11.3 Å². The number of carbonyl (C=O) groups excluding carboxylic acids is 1. The molecule has 0 aromatic carbocycles. The lowest BCUT2D eigenvalue weighted by Gasteiger charge is -2.32. The second-order valence-electron chi connectivity index (χ2n) is 5.27. The molecule has 6 heteroatoms. The molecule has 1 aliphatic rings. The Morgan fingerprint density at radius 1 is 1.47 bits per heavy atom. The maximum Gasteiger partial charge on any atom is 0.236 e. The van der Waals surface area contributed by atoms with Crippen molar-refractivity contribution in [2.75, 3.05) is 26.7 Å². The minimum atomic E-state index is 0.193. The van der Waals surface area contributed by atoms with Crippen LogP contribution < -0.4 is 5.32 Å². The zero-order valence-electron chi connectivity index (χ0n) is 12.0. The third kappa shape index (κ3) is 3.53. The molecule has 1 N–H and O–H groups in total. The topological polar surface area (TPSA) is 63.1 Å². The fraction of sp³-hybridized carbons (Fsp3) is 0.769. The molecule has 6 nitrogen and oxygen atoms in total. The molecule has 1 saturated heterocycles. The van der Waals surface area contributed by atoms with Crippen molar-refractivity contribution in [2.24, 2.45) is 5.92 Å². The van der Waals surface area contributed by atoms with Gasteiger partial charge in [0, 0.05) is 19.6 Å². The minimum absolute atomic E-state index is 0.193. The van der Waals surface area contributed by atoms with E-state index < -0.39 is 0 Å². The summed E-state index contributed by atoms with van der Waals surface area (Å²) < 4.78 is 1.96. The summed E-state index contributed by atoms with van der Waals surface area (Å²) in [5, 5.41) is 7.32. The molecule has 1 atom stereocenters. The van der Waals surface area contributed by atoms with Crippen molar-refractivity contribution in [1.82, 2.24) is 25.0 Å². The molecule has 1 aromatic rings. The highest BCUT2D eigenvalue weighted by molar-refractivity contribution is 5.78. The zero-order valence-corrected chi connectivity index (χ0v) is 12.0. The van der Waals surface area contributed by atoms with Gasteiger partial charge in [0.2, 0.25) is 5.91 Å². The van der Waals surface area contributed by atoms with Crippen molar-refractivity contribution in [2.45, 2.75) is 33.2 Å². The van der Waals surface area contributed by atoms with Gasteiger partial charge < -0.3 is 10.2 Å². The number of hydrogen-bond donors (Lipinski definition) is 1. The zero-order chi connectivity index (χ0) is 13.8. The summed E-state index contributed by atoms with van der Waals surface area (Å²) in [6, 6.07) is 0. The Hall–Kier alpha value is -1.43. The molecule has 2 rings (SSSR count). The SMILES string of the molecule is CNCC(=O)N1CCCC(Cn2nc(C)nc2C)C1. The molecule has 1 aliphatic heterocycles. The van der Waals surface area contributed by atoms with Crippen molar-refractivity contribution < 1.29 is 4.79 Å². The van der Waals surface area contributed by atoms with Gasteiger partial charge in [-0.1, -0.05) is 0 Å². The summed E-state index contributed by atoms with van der Waals surface area (Å²) in [5.41, 5.74) is 0. The van der Waals surface area contributed by atoms with E-state index in [4.69, 9.17) is 0 Å². The lowest BCUT2D eigenvalue weighted by Crippen LogP contribution is -2.44. The molecule has 0 saturated carbocycles. The molecule has 0 radical (unpaired) electrons. The summed E-state index contributed by atoms with van der Waals surface area (Å²) in [5.74, 6) is 2.45. The molecule has 19 heavy (non-hydrogen) atoms. The highest BCUT2D eigenvalue weighted by atomic mass is 16.2. The van der Waals surface area contributed by atoms with E-state index in [1.54, 1.807) is 7.05 Å². The number of amides is 1. The monoisotopic (exact) mass is 265 g/mol. The van der Waals surface area contributed by atoms with Crippen LogP contribution in [0.15, 0.2) is 0 Å². The van der Waals surface area contributed by atoms with Crippen LogP contribution in [-0.4, -0.2) is 52.3 Å². The first-order valence-electron chi connectivity index (χ1n) is 6.90. The Bertz CT molecular complexity index is 442. The summed E-state index contributed by atoms with van der Waals surface area (Å²) in [6.07, 6.45) is 2.23. The van der Waals surface area contributed by atoms with Gasteiger partial charge in [0.05, 0.1) is 6.54 Å². The molecule has 0 spiro atoms. The Morgan fingerprint density at radius 3 is 2.89 bits per heavy atom. The lowest BCUT2D eigenvalue weighted by molar-refractivity contribution is -0.132. The van der Waals surface area contributed by atoms with Gasteiger partial charge in [0.15, 0.2) is 0 Å². The van der Waals surface area contributed by atoms with Crippen LogP contribution >= 0.6 is 0 Å². The van der Waals surface area contributed by atoms with Gasteiger partial charge >= 0.3 is 0 Å². The number of rotatable bonds is 4. The quantitative estimate of drug-likeness (QED) is 0.853. The average molecular weight is 265 g/mol. The molecule has 1 amide bonds. The summed E-state index contributed by atoms with van der Waals surface area (Å²) in [6.45, 7) is 6.88. The van der Waals surface area contributed by atoms with Crippen LogP contribution in [0, 0.1) is 19.8 Å². The van der Waals surface area contributed by atoms with E-state index in [0.717, 1.165) is 44.1 Å². The fourth-order valence-electron chi connectivity index (χ4n) is 2.68. The van der Waals surface area contributed by atoms with Gasteiger partial charge in [-0.2, -0.15) is 5.10 Å². The van der Waals surface area contributed by atoms with Gasteiger partial charge in [-0.15, -0.1) is 0 Å². The van der Waals surface area contributed by atoms with Crippen LogP contribution in [0.3, 0.4) is 0 Å². The molecule has 0 aliphatic carbocycles. The van der Waals surface area contributed by atoms with Crippen LogP contribution in [0.25, 0.3) is 0 Å². The second-order valence-corrected chi connectivity index (χ2v) is 5.27. The van der Waals surface area contributed by atoms with E-state index in [2.05, 4.69) is 15.4 Å². The molecular formula is C13H23N5O. The average Bonchev–Trinajstić information content (AvgIpc) is 2.68. The summed E-state index contributed by atoms with van der Waals surface area (Å²) in [4.78, 5) is 18.2. The molecule has 1 unspecified atom stereocenters. The number of aryl methyl sites for hydroxylation is 2. The van der Waals surface area contributed by atoms with Gasteiger partial charge in [0.25, 0.3) is 0 Å². The molecule has 2 heterocycles. The predicted octanol–water partition coefficient (Wildman–Crippen LogP) is 0.353. The van der Waals surface area contributed by atoms with Crippen LogP contribution in [0.5, 0.6) is 0 Å². The first-order valence-corrected chi connectivity index (χ1v) is 6.90. The van der Waals surface area contributed by atoms with E-state index in [1.807, 2.05) is 23.4 Å². The molecule has 1 aromatic heterocycles. The second kappa shape index (κ2) is 6.14. The van der Waals surface area contributed by atoms with Gasteiger partial charge in [-0.3, -0.25) is 4.79 Å². The van der Waals surface area contributed by atoms with Crippen molar-refractivity contribution in [3.8, 4) is 0 Å². The van der Waals surface area contributed by atoms with E-state index in [1.165, 1.54) is 0 Å². The number of likely N-dealkylation sites (N-methyl/N-ethyl adjacent to an activating group) is 1. The Kier molecular flexibility index (Phi) is 4.52. The fourth-order valence-corrected chi connectivity index (χ4v) is 2.68. The molecule has 1 fully saturated rings. The van der Waals surface area contributed by atoms with E-state index in [0.29, 0.717) is 12.5 Å². The maximum absolute atomic E-state index is 11.9. The number of likely N-dealkylation sites (tertiary alicyclic amines) is 1. The maximum atomic E-state index is 11.9. The summed E-state index contributed by atoms with van der Waals surface area (Å²) in [7, 11) is 1.81. The Morgan fingerprint density at radius 2 is 2.26 bits per heavy atom. The third-order valence-electron chi connectivity index (χ3n) is 3.59. The number of carbonyl (C=O) groups is 1. The van der Waals surface area contributed by atoms with E-state index in [-0.39, 0.29) is 5.91 Å². The third-order valence-corrected chi connectivity index (χ3v) is 3.59. The lowest BCUT2D eigenvalue weighted by atomic mass is 9.98. The Balaban J connectivity index is 1.94. The number of hydrogen-bond acceptors (Lipinski definition) is 4. The van der Waals surface area contributed by atoms with Crippen LogP contribution in [0.2, 0.25) is 0 Å². The van der Waals surface area contributed by atoms with Crippen molar-refractivity contribution in [3.05, 3.63) is 11.6 Å². The highest BCUT2D eigenvalue weighted by Crippen LogP contribution is 2.18. The largest absolute Gasteiger partial charge is 0.341 e. The van der Waals surface area contributed by atoms with Crippen molar-refractivity contribution in [3.63, 3.8) is 0 Å². The molecular weight excluding hydrogens is 242 g/mol. The number of aromatic nitrogens is 3. The van der Waals surface area contributed by atoms with Gasteiger partial charge in [-0.05, 0) is 39.7 Å². The molecule has 0 bridgehead atoms.